The van der Waals surface area contributed by atoms with Crippen LogP contribution in [0.2, 0.25) is 0 Å². The Morgan fingerprint density at radius 1 is 0.941 bits per heavy atom. The van der Waals surface area contributed by atoms with Gasteiger partial charge >= 0.3 is 0 Å². The molecule has 0 saturated heterocycles. The van der Waals surface area contributed by atoms with Crippen LogP contribution in [0.3, 0.4) is 0 Å². The predicted molar refractivity (Wildman–Crippen MR) is 64.9 cm³/mol. The summed E-state index contributed by atoms with van der Waals surface area (Å²) in [5.74, 6) is 4.89. The van der Waals surface area contributed by atoms with Crippen LogP contribution < -0.4 is 18.9 Å². The Morgan fingerprint density at radius 3 is 2.06 bits per heavy atom. The predicted octanol–water partition coefficient (Wildman–Crippen LogP) is 2.38. The highest BCUT2D eigenvalue weighted by atomic mass is 16.5. The lowest BCUT2D eigenvalue weighted by atomic mass is 10.1. The summed E-state index contributed by atoms with van der Waals surface area (Å²) in [5.41, 5.74) is 0.813. The third-order valence-corrected chi connectivity index (χ3v) is 2.30. The summed E-state index contributed by atoms with van der Waals surface area (Å²) in [5, 5.41) is 0. The fourth-order valence-corrected chi connectivity index (χ4v) is 1.47. The summed E-state index contributed by atoms with van der Waals surface area (Å²) in [6.45, 7) is 3.56. The molecule has 0 aliphatic heterocycles. The molecule has 1 aromatic rings. The Kier molecular flexibility index (Phi) is 4.53. The van der Waals surface area contributed by atoms with E-state index in [-0.39, 0.29) is 0 Å². The van der Waals surface area contributed by atoms with E-state index in [2.05, 4.69) is 12.0 Å². The van der Waals surface area contributed by atoms with Crippen LogP contribution in [0.15, 0.2) is 6.07 Å². The lowest BCUT2D eigenvalue weighted by molar-refractivity contribution is 0.331. The van der Waals surface area contributed by atoms with E-state index in [4.69, 9.17) is 18.9 Å². The summed E-state index contributed by atoms with van der Waals surface area (Å²) >= 11 is 0. The third kappa shape index (κ3) is 2.56. The molecular weight excluding hydrogens is 220 g/mol. The zero-order chi connectivity index (χ0) is 12.8. The summed E-state index contributed by atoms with van der Waals surface area (Å²) in [6, 6.07) is 1.75. The molecule has 92 valence electrons. The van der Waals surface area contributed by atoms with E-state index in [1.165, 1.54) is 0 Å². The van der Waals surface area contributed by atoms with Gasteiger partial charge in [-0.2, -0.15) is 0 Å². The molecule has 0 fully saturated rings. The van der Waals surface area contributed by atoms with Crippen molar-refractivity contribution in [3.05, 3.63) is 11.6 Å². The van der Waals surface area contributed by atoms with Gasteiger partial charge in [-0.15, -0.1) is 0 Å². The molecule has 0 amide bonds. The number of hydrogen-bond acceptors (Lipinski definition) is 4. The molecule has 0 saturated carbocycles. The van der Waals surface area contributed by atoms with Gasteiger partial charge in [-0.25, -0.2) is 0 Å². The van der Waals surface area contributed by atoms with Gasteiger partial charge in [0, 0.05) is 18.6 Å². The van der Waals surface area contributed by atoms with Crippen LogP contribution in [0, 0.1) is 19.0 Å². The van der Waals surface area contributed by atoms with Gasteiger partial charge in [0.1, 0.15) is 11.9 Å². The Bertz CT molecular complexity index is 455. The molecule has 0 aromatic heterocycles. The van der Waals surface area contributed by atoms with Crippen molar-refractivity contribution in [2.75, 3.05) is 21.3 Å². The van der Waals surface area contributed by atoms with Crippen LogP contribution in [-0.2, 0) is 0 Å². The molecule has 4 heteroatoms. The molecule has 17 heavy (non-hydrogen) atoms. The van der Waals surface area contributed by atoms with E-state index in [1.54, 1.807) is 34.3 Å². The Balaban J connectivity index is 3.42. The van der Waals surface area contributed by atoms with E-state index in [0.29, 0.717) is 23.0 Å². The standard InChI is InChI=1S/C13H16O4/c1-6-7-17-12-9(2)10(14-3)8-11(15-4)13(12)16-5/h8H,1-5H3. The van der Waals surface area contributed by atoms with Gasteiger partial charge in [0.2, 0.25) is 5.75 Å². The molecule has 0 spiro atoms. The van der Waals surface area contributed by atoms with E-state index < -0.39 is 0 Å². The van der Waals surface area contributed by atoms with Crippen LogP contribution in [-0.4, -0.2) is 21.3 Å². The number of methoxy groups -OCH3 is 3. The van der Waals surface area contributed by atoms with Crippen molar-refractivity contribution in [2.45, 2.75) is 13.8 Å². The molecular formula is C13H16O4. The van der Waals surface area contributed by atoms with Crippen molar-refractivity contribution in [2.24, 2.45) is 0 Å². The highest BCUT2D eigenvalue weighted by molar-refractivity contribution is 5.61. The maximum Gasteiger partial charge on any atom is 0.205 e. The van der Waals surface area contributed by atoms with E-state index in [9.17, 15) is 0 Å². The average Bonchev–Trinajstić information content (AvgIpc) is 2.36. The summed E-state index contributed by atoms with van der Waals surface area (Å²) in [4.78, 5) is 0. The van der Waals surface area contributed by atoms with Crippen molar-refractivity contribution in [3.63, 3.8) is 0 Å². The van der Waals surface area contributed by atoms with Crippen molar-refractivity contribution in [1.29, 1.82) is 0 Å². The Labute approximate surface area is 101 Å². The molecule has 0 unspecified atom stereocenters. The first-order valence-corrected chi connectivity index (χ1v) is 5.07. The minimum absolute atomic E-state index is 0.508. The maximum absolute atomic E-state index is 5.35. The minimum atomic E-state index is 0.508. The highest BCUT2D eigenvalue weighted by Gasteiger charge is 2.19. The minimum Gasteiger partial charge on any atom is -0.496 e. The van der Waals surface area contributed by atoms with Crippen LogP contribution in [0.5, 0.6) is 23.0 Å². The molecule has 0 N–H and O–H groups in total. The quantitative estimate of drug-likeness (QED) is 0.752. The molecule has 0 aliphatic carbocycles. The van der Waals surface area contributed by atoms with E-state index in [1.807, 2.05) is 6.92 Å². The second-order valence-electron chi connectivity index (χ2n) is 3.22. The zero-order valence-corrected chi connectivity index (χ0v) is 10.7. The summed E-state index contributed by atoms with van der Waals surface area (Å²) in [6.07, 6.45) is 2.54. The van der Waals surface area contributed by atoms with Gasteiger partial charge < -0.3 is 18.9 Å². The second-order valence-corrected chi connectivity index (χ2v) is 3.22. The van der Waals surface area contributed by atoms with Crippen LogP contribution in [0.25, 0.3) is 0 Å². The van der Waals surface area contributed by atoms with Gasteiger partial charge in [0.25, 0.3) is 0 Å². The molecule has 0 heterocycles. The largest absolute Gasteiger partial charge is 0.496 e. The van der Waals surface area contributed by atoms with Crippen molar-refractivity contribution in [1.82, 2.24) is 0 Å². The van der Waals surface area contributed by atoms with Crippen LogP contribution in [0.4, 0.5) is 0 Å². The molecule has 0 bridgehead atoms. The maximum atomic E-state index is 5.35. The lowest BCUT2D eigenvalue weighted by Crippen LogP contribution is -1.99. The number of ether oxygens (including phenoxy) is 4. The highest BCUT2D eigenvalue weighted by Crippen LogP contribution is 2.44. The number of benzene rings is 1. The van der Waals surface area contributed by atoms with Crippen molar-refractivity contribution >= 4 is 0 Å². The van der Waals surface area contributed by atoms with E-state index in [0.717, 1.165) is 5.56 Å². The second kappa shape index (κ2) is 5.90. The van der Waals surface area contributed by atoms with Gasteiger partial charge in [0.15, 0.2) is 11.5 Å². The van der Waals surface area contributed by atoms with Crippen molar-refractivity contribution in [3.8, 4) is 35.0 Å². The fourth-order valence-electron chi connectivity index (χ4n) is 1.47. The van der Waals surface area contributed by atoms with Gasteiger partial charge in [-0.3, -0.25) is 0 Å². The van der Waals surface area contributed by atoms with Gasteiger partial charge in [-0.1, -0.05) is 5.92 Å². The number of rotatable bonds is 4. The first-order valence-electron chi connectivity index (χ1n) is 5.07. The van der Waals surface area contributed by atoms with Crippen molar-refractivity contribution < 1.29 is 18.9 Å². The molecule has 0 atom stereocenters. The monoisotopic (exact) mass is 236 g/mol. The SMILES string of the molecule is CC#COc1c(C)c(OC)cc(OC)c1OC. The fraction of sp³-hybridized carbons (Fsp3) is 0.385. The van der Waals surface area contributed by atoms with Crippen LogP contribution >= 0.6 is 0 Å². The Morgan fingerprint density at radius 2 is 1.59 bits per heavy atom. The zero-order valence-electron chi connectivity index (χ0n) is 10.7. The molecule has 1 rings (SSSR count). The van der Waals surface area contributed by atoms with Crippen LogP contribution in [0.1, 0.15) is 12.5 Å². The molecule has 0 aliphatic rings. The number of hydrogen-bond donors (Lipinski definition) is 0. The first-order chi connectivity index (χ1) is 8.19. The molecule has 4 nitrogen and oxygen atoms in total. The van der Waals surface area contributed by atoms with Gasteiger partial charge in [-0.05, 0) is 6.92 Å². The molecule has 0 radical (unpaired) electrons. The average molecular weight is 236 g/mol. The lowest BCUT2D eigenvalue weighted by Gasteiger charge is -2.15. The Hall–Kier alpha value is -2.02. The van der Waals surface area contributed by atoms with Gasteiger partial charge in [0.05, 0.1) is 21.3 Å². The normalized spacial score (nSPS) is 9.00. The molecule has 1 aromatic carbocycles. The summed E-state index contributed by atoms with van der Waals surface area (Å²) < 4.78 is 21.1. The topological polar surface area (TPSA) is 36.9 Å². The summed E-state index contributed by atoms with van der Waals surface area (Å²) in [7, 11) is 4.70. The smallest absolute Gasteiger partial charge is 0.205 e. The third-order valence-electron chi connectivity index (χ3n) is 2.30. The van der Waals surface area contributed by atoms with E-state index >= 15 is 0 Å². The first kappa shape index (κ1) is 13.0.